The third-order valence-corrected chi connectivity index (χ3v) is 14.2. The quantitative estimate of drug-likeness (QED) is 0.155. The number of hydrogen-bond acceptors (Lipinski definition) is 0. The van der Waals surface area contributed by atoms with Crippen LogP contribution < -0.4 is 10.9 Å². The normalized spacial score (nSPS) is 13.4. The smallest absolute Gasteiger partial charge is 0.333 e. The summed E-state index contributed by atoms with van der Waals surface area (Å²) < 4.78 is 5.43. The zero-order chi connectivity index (χ0) is 42.0. The molecule has 2 nitrogen and oxygen atoms in total. The number of rotatable bonds is 2. The molecule has 61 heavy (non-hydrogen) atoms. The Hall–Kier alpha value is -6.32. The Morgan fingerprint density at radius 1 is 0.459 bits per heavy atom. The van der Waals surface area contributed by atoms with Gasteiger partial charge < -0.3 is 9.05 Å². The summed E-state index contributed by atoms with van der Waals surface area (Å²) >= 11 is 0. The molecule has 2 aliphatic heterocycles. The highest BCUT2D eigenvalue weighted by Crippen LogP contribution is 2.48. The highest BCUT2D eigenvalue weighted by atomic mass is 15.0. The minimum atomic E-state index is -0.0441. The molecule has 4 heterocycles. The molecule has 0 saturated carbocycles. The molecule has 8 aromatic carbocycles. The second-order valence-corrected chi connectivity index (χ2v) is 20.5. The lowest BCUT2D eigenvalue weighted by Gasteiger charge is -2.35. The van der Waals surface area contributed by atoms with Crippen LogP contribution in [0.2, 0.25) is 0 Å². The Morgan fingerprint density at radius 3 is 1.89 bits per heavy atom. The van der Waals surface area contributed by atoms with Gasteiger partial charge in [0.2, 0.25) is 0 Å². The number of nitrogens with zero attached hydrogens (tertiary/aromatic N) is 2. The highest BCUT2D eigenvalue weighted by Gasteiger charge is 2.43. The molecule has 0 aliphatic carbocycles. The summed E-state index contributed by atoms with van der Waals surface area (Å²) in [6, 6.07) is 50.1. The van der Waals surface area contributed by atoms with Crippen LogP contribution in [-0.2, 0) is 10.8 Å². The molecule has 0 radical (unpaired) electrons. The summed E-state index contributed by atoms with van der Waals surface area (Å²) in [5.74, 6) is 0. The summed E-state index contributed by atoms with van der Waals surface area (Å²) in [4.78, 5) is 0. The second kappa shape index (κ2) is 12.2. The maximum atomic E-state index is 2.75. The first kappa shape index (κ1) is 36.5. The summed E-state index contributed by atoms with van der Waals surface area (Å²) in [5, 5.41) is 7.87. The summed E-state index contributed by atoms with van der Waals surface area (Å²) in [6.45, 7) is 23.1. The van der Waals surface area contributed by atoms with Crippen molar-refractivity contribution in [3.63, 3.8) is 0 Å². The van der Waals surface area contributed by atoms with Crippen LogP contribution >= 0.6 is 0 Å². The van der Waals surface area contributed by atoms with Crippen molar-refractivity contribution in [1.29, 1.82) is 0 Å². The number of aryl methyl sites for hydroxylation is 4. The predicted molar refractivity (Wildman–Crippen MR) is 264 cm³/mol. The van der Waals surface area contributed by atoms with E-state index < -0.39 is 0 Å². The maximum absolute atomic E-state index is 2.75. The van der Waals surface area contributed by atoms with Crippen LogP contribution in [0.5, 0.6) is 0 Å². The maximum Gasteiger partial charge on any atom is 0.333 e. The van der Waals surface area contributed by atoms with Gasteiger partial charge in [0.15, 0.2) is 0 Å². The average Bonchev–Trinajstić information content (AvgIpc) is 3.73. The lowest BCUT2D eigenvalue weighted by molar-refractivity contribution is 0.590. The molecular weight excluding hydrogens is 735 g/mol. The van der Waals surface area contributed by atoms with Crippen LogP contribution in [0.3, 0.4) is 0 Å². The molecule has 0 N–H and O–H groups in total. The Bertz CT molecular complexity index is 3550. The van der Waals surface area contributed by atoms with E-state index in [0.29, 0.717) is 0 Å². The van der Waals surface area contributed by atoms with Crippen LogP contribution in [0.4, 0.5) is 0 Å². The van der Waals surface area contributed by atoms with Crippen LogP contribution in [0, 0.1) is 27.7 Å². The first-order chi connectivity index (χ1) is 29.2. The number of benzene rings is 8. The van der Waals surface area contributed by atoms with E-state index in [9.17, 15) is 0 Å². The van der Waals surface area contributed by atoms with E-state index in [-0.39, 0.29) is 17.7 Å². The van der Waals surface area contributed by atoms with Crippen LogP contribution in [0.1, 0.15) is 74.9 Å². The zero-order valence-electron chi connectivity index (χ0n) is 37.1. The van der Waals surface area contributed by atoms with E-state index in [0.717, 1.165) is 0 Å². The van der Waals surface area contributed by atoms with Gasteiger partial charge in [-0.2, -0.15) is 0 Å². The Kier molecular flexibility index (Phi) is 7.28. The Morgan fingerprint density at radius 2 is 1.15 bits per heavy atom. The van der Waals surface area contributed by atoms with Crippen molar-refractivity contribution >= 4 is 72.2 Å². The van der Waals surface area contributed by atoms with Crippen LogP contribution in [0.15, 0.2) is 127 Å². The van der Waals surface area contributed by atoms with Crippen molar-refractivity contribution in [3.8, 4) is 39.1 Å². The molecule has 2 aromatic heterocycles. The van der Waals surface area contributed by atoms with Crippen molar-refractivity contribution in [1.82, 2.24) is 9.05 Å². The third kappa shape index (κ3) is 5.04. The fourth-order valence-corrected chi connectivity index (χ4v) is 11.4. The molecule has 0 fully saturated rings. The third-order valence-electron chi connectivity index (χ3n) is 14.2. The molecule has 0 atom stereocenters. The summed E-state index contributed by atoms with van der Waals surface area (Å²) in [7, 11) is 0. The van der Waals surface area contributed by atoms with Crippen molar-refractivity contribution in [2.24, 2.45) is 0 Å². The predicted octanol–water partition coefficient (Wildman–Crippen LogP) is 14.2. The van der Waals surface area contributed by atoms with Crippen molar-refractivity contribution in [2.75, 3.05) is 0 Å². The van der Waals surface area contributed by atoms with E-state index in [1.165, 1.54) is 138 Å². The summed E-state index contributed by atoms with van der Waals surface area (Å²) in [5.41, 5.74) is 25.0. The van der Waals surface area contributed by atoms with Gasteiger partial charge in [-0.05, 0) is 147 Å². The monoisotopic (exact) mass is 786 g/mol. The number of aromatic nitrogens is 2. The lowest BCUT2D eigenvalue weighted by atomic mass is 9.45. The van der Waals surface area contributed by atoms with Crippen molar-refractivity contribution in [3.05, 3.63) is 161 Å². The molecule has 0 saturated heterocycles. The second-order valence-electron chi connectivity index (χ2n) is 20.5. The van der Waals surface area contributed by atoms with Crippen LogP contribution in [0.25, 0.3) is 93.5 Å². The van der Waals surface area contributed by atoms with E-state index in [1.54, 1.807) is 0 Å². The fourth-order valence-electron chi connectivity index (χ4n) is 11.4. The SMILES string of the molecule is Cc1cc(C)cc(-c2cc3c4c(c2)-n2c5c(cc(-c6c(C)cccc6C)cc5c5ccc6ccccc6c52)B4n2c4ccc(C(C)(C)C)cc4c4cc(C(C)(C)C)cc-3c42)c1. The van der Waals surface area contributed by atoms with Gasteiger partial charge in [0.1, 0.15) is 0 Å². The highest BCUT2D eigenvalue weighted by molar-refractivity contribution is 6.90. The molecule has 0 unspecified atom stereocenters. The van der Waals surface area contributed by atoms with Gasteiger partial charge in [0.25, 0.3) is 0 Å². The molecule has 12 rings (SSSR count). The fraction of sp³-hybridized carbons (Fsp3) is 0.207. The molecule has 0 bridgehead atoms. The van der Waals surface area contributed by atoms with Gasteiger partial charge in [-0.15, -0.1) is 0 Å². The van der Waals surface area contributed by atoms with Crippen LogP contribution in [-0.4, -0.2) is 15.9 Å². The van der Waals surface area contributed by atoms with E-state index in [4.69, 9.17) is 0 Å². The molecule has 0 spiro atoms. The average molecular weight is 787 g/mol. The molecule has 296 valence electrons. The van der Waals surface area contributed by atoms with Gasteiger partial charge in [-0.25, -0.2) is 0 Å². The van der Waals surface area contributed by atoms with Crippen molar-refractivity contribution in [2.45, 2.75) is 80.1 Å². The minimum Gasteiger partial charge on any atom is -0.375 e. The molecule has 2 aliphatic rings. The first-order valence-electron chi connectivity index (χ1n) is 22.1. The van der Waals surface area contributed by atoms with Gasteiger partial charge >= 0.3 is 6.85 Å². The van der Waals surface area contributed by atoms with Gasteiger partial charge in [-0.1, -0.05) is 138 Å². The number of fused-ring (bicyclic) bond motifs is 12. The van der Waals surface area contributed by atoms with E-state index >= 15 is 0 Å². The largest absolute Gasteiger partial charge is 0.375 e. The van der Waals surface area contributed by atoms with E-state index in [1.807, 2.05) is 0 Å². The molecular formula is C58H51BN2. The number of hydrogen-bond donors (Lipinski definition) is 0. The molecule has 10 aromatic rings. The zero-order valence-corrected chi connectivity index (χ0v) is 37.1. The standard InChI is InChI=1S/C58H51BN2/c1-32-22-33(2)24-37(23-32)38-25-45-48-31-41(58(8,9)10)30-47-44-29-40(57(5,6)7)19-21-50(44)61(55(47)48)59-49-27-39(52-34(3)14-13-15-35(52)4)26-46-43-20-18-36-16-11-12-17-42(36)54(43)60(56(46)49)51(28-38)53(45)59/h11-31H,1-10H3. The first-order valence-corrected chi connectivity index (χ1v) is 22.1. The summed E-state index contributed by atoms with van der Waals surface area (Å²) in [6.07, 6.45) is 0. The van der Waals surface area contributed by atoms with Gasteiger partial charge in [-0.3, -0.25) is 0 Å². The molecule has 3 heteroatoms. The lowest BCUT2D eigenvalue weighted by Crippen LogP contribution is -2.55. The topological polar surface area (TPSA) is 9.86 Å². The van der Waals surface area contributed by atoms with Crippen molar-refractivity contribution < 1.29 is 0 Å². The Balaban J connectivity index is 1.34. The minimum absolute atomic E-state index is 0.0185. The van der Waals surface area contributed by atoms with E-state index in [2.05, 4.69) is 206 Å². The van der Waals surface area contributed by atoms with Gasteiger partial charge in [0.05, 0.1) is 11.0 Å². The van der Waals surface area contributed by atoms with Gasteiger partial charge in [0, 0.05) is 49.2 Å². The molecule has 0 amide bonds. The Labute approximate surface area is 359 Å².